The molecule has 0 saturated carbocycles. The number of aromatic nitrogens is 4. The van der Waals surface area contributed by atoms with E-state index >= 15 is 0 Å². The third-order valence-electron chi connectivity index (χ3n) is 4.25. The van der Waals surface area contributed by atoms with Crippen molar-refractivity contribution in [3.8, 4) is 0 Å². The first-order chi connectivity index (χ1) is 13.7. The summed E-state index contributed by atoms with van der Waals surface area (Å²) in [7, 11) is 0. The third-order valence-corrected chi connectivity index (χ3v) is 4.25. The lowest BCUT2D eigenvalue weighted by Gasteiger charge is -2.21. The Labute approximate surface area is 165 Å². The van der Waals surface area contributed by atoms with Crippen molar-refractivity contribution in [2.45, 2.75) is 52.2 Å². The van der Waals surface area contributed by atoms with Crippen LogP contribution >= 0.6 is 0 Å². The lowest BCUT2D eigenvalue weighted by molar-refractivity contribution is -0.140. The number of rotatable bonds is 10. The molecule has 0 aliphatic rings. The van der Waals surface area contributed by atoms with Gasteiger partial charge in [-0.2, -0.15) is 0 Å². The molecule has 0 aromatic carbocycles. The fourth-order valence-corrected chi connectivity index (χ4v) is 2.62. The lowest BCUT2D eigenvalue weighted by Crippen LogP contribution is -2.46. The molecule has 156 valence electrons. The molecule has 3 N–H and O–H groups in total. The first-order valence-corrected chi connectivity index (χ1v) is 8.86. The van der Waals surface area contributed by atoms with E-state index < -0.39 is 41.7 Å². The number of aryl methyl sites for hydroxylation is 1. The lowest BCUT2D eigenvalue weighted by atomic mass is 10.1. The van der Waals surface area contributed by atoms with Crippen molar-refractivity contribution >= 4 is 23.5 Å². The van der Waals surface area contributed by atoms with E-state index in [1.807, 2.05) is 0 Å². The minimum absolute atomic E-state index is 0.00481. The molecule has 2 rings (SSSR count). The van der Waals surface area contributed by atoms with Crippen LogP contribution in [0.5, 0.6) is 0 Å². The normalized spacial score (nSPS) is 12.8. The highest BCUT2D eigenvalue weighted by Gasteiger charge is 2.26. The van der Waals surface area contributed by atoms with Gasteiger partial charge in [-0.1, -0.05) is 17.2 Å². The summed E-state index contributed by atoms with van der Waals surface area (Å²) < 4.78 is 5.77. The Morgan fingerprint density at radius 3 is 2.59 bits per heavy atom. The molecule has 0 bridgehead atoms. The summed E-state index contributed by atoms with van der Waals surface area (Å²) in [5.74, 6) is -2.35. The average Bonchev–Trinajstić information content (AvgIpc) is 3.06. The summed E-state index contributed by atoms with van der Waals surface area (Å²) in [6.07, 6.45) is 2.40. The number of carboxylic acid groups (broad SMARTS) is 1. The van der Waals surface area contributed by atoms with Gasteiger partial charge in [-0.05, 0) is 20.3 Å². The van der Waals surface area contributed by atoms with Gasteiger partial charge >= 0.3 is 5.97 Å². The van der Waals surface area contributed by atoms with Crippen molar-refractivity contribution in [3.05, 3.63) is 34.1 Å². The predicted molar refractivity (Wildman–Crippen MR) is 99.1 cm³/mol. The highest BCUT2D eigenvalue weighted by atomic mass is 16.6. The Balaban J connectivity index is 2.20. The zero-order chi connectivity index (χ0) is 21.6. The van der Waals surface area contributed by atoms with Gasteiger partial charge in [-0.25, -0.2) is 9.61 Å². The Kier molecular flexibility index (Phi) is 7.17. The molecule has 2 unspecified atom stereocenters. The van der Waals surface area contributed by atoms with E-state index in [9.17, 15) is 19.2 Å². The number of nitrogens with one attached hydrogen (secondary N) is 2. The van der Waals surface area contributed by atoms with Gasteiger partial charge in [-0.15, -0.1) is 0 Å². The first-order valence-electron chi connectivity index (χ1n) is 8.86. The monoisotopic (exact) mass is 406 g/mol. The molecule has 12 heteroatoms. The molecule has 2 atom stereocenters. The maximum absolute atomic E-state index is 12.8. The van der Waals surface area contributed by atoms with Crippen LogP contribution in [0.1, 0.15) is 44.1 Å². The van der Waals surface area contributed by atoms with Crippen molar-refractivity contribution in [2.24, 2.45) is 0 Å². The molecule has 12 nitrogen and oxygen atoms in total. The minimum Gasteiger partial charge on any atom is -0.481 e. The number of aliphatic carboxylic acids is 1. The van der Waals surface area contributed by atoms with E-state index in [0.29, 0.717) is 11.4 Å². The molecule has 1 amide bonds. The second-order valence-electron chi connectivity index (χ2n) is 6.33. The zero-order valence-electron chi connectivity index (χ0n) is 16.2. The molecular weight excluding hydrogens is 384 g/mol. The van der Waals surface area contributed by atoms with Crippen LogP contribution in [0, 0.1) is 6.92 Å². The molecule has 0 radical (unpaired) electrons. The van der Waals surface area contributed by atoms with Gasteiger partial charge in [0.1, 0.15) is 17.4 Å². The fourth-order valence-electron chi connectivity index (χ4n) is 2.62. The van der Waals surface area contributed by atoms with Crippen LogP contribution < -0.4 is 16.2 Å². The Morgan fingerprint density at radius 1 is 1.31 bits per heavy atom. The van der Waals surface area contributed by atoms with E-state index in [2.05, 4.69) is 30.6 Å². The molecular formula is C17H22N6O6. The number of carbonyl (C=O) groups excluding carboxylic acids is 2. The van der Waals surface area contributed by atoms with Crippen molar-refractivity contribution in [1.82, 2.24) is 25.2 Å². The third kappa shape index (κ3) is 5.46. The van der Waals surface area contributed by atoms with Crippen LogP contribution in [-0.2, 0) is 20.9 Å². The summed E-state index contributed by atoms with van der Waals surface area (Å²) in [5.41, 5.74) is 0.513. The number of hydrogen-bond acceptors (Lipinski definition) is 9. The Hall–Kier alpha value is -3.57. The Bertz CT molecular complexity index is 952. The smallest absolute Gasteiger partial charge is 0.305 e. The molecule has 0 aliphatic carbocycles. The van der Waals surface area contributed by atoms with Gasteiger partial charge in [0.15, 0.2) is 11.6 Å². The average molecular weight is 406 g/mol. The second kappa shape index (κ2) is 9.57. The molecule has 2 heterocycles. The number of carbonyl (C=O) groups is 3. The number of Topliss-reactive ketones (excluding diaryl/α,β-unsaturated/α-hetero) is 1. The molecule has 0 aliphatic heterocycles. The van der Waals surface area contributed by atoms with E-state index in [4.69, 9.17) is 5.11 Å². The van der Waals surface area contributed by atoms with E-state index in [1.165, 1.54) is 23.9 Å². The van der Waals surface area contributed by atoms with Crippen LogP contribution in [0.2, 0.25) is 0 Å². The second-order valence-corrected chi connectivity index (χ2v) is 6.33. The summed E-state index contributed by atoms with van der Waals surface area (Å²) in [6, 6.07) is -2.12. The van der Waals surface area contributed by atoms with E-state index in [-0.39, 0.29) is 18.8 Å². The summed E-state index contributed by atoms with van der Waals surface area (Å²) in [5, 5.41) is 21.5. The van der Waals surface area contributed by atoms with Gasteiger partial charge in [0.2, 0.25) is 5.91 Å². The van der Waals surface area contributed by atoms with Crippen LogP contribution in [0.15, 0.2) is 21.8 Å². The maximum Gasteiger partial charge on any atom is 0.305 e. The number of anilines is 1. The summed E-state index contributed by atoms with van der Waals surface area (Å²) >= 11 is 0. The van der Waals surface area contributed by atoms with Gasteiger partial charge in [0, 0.05) is 12.4 Å². The quantitative estimate of drug-likeness (QED) is 0.490. The highest BCUT2D eigenvalue weighted by Crippen LogP contribution is 2.11. The number of amides is 1. The highest BCUT2D eigenvalue weighted by molar-refractivity contribution is 5.91. The molecule has 29 heavy (non-hydrogen) atoms. The zero-order valence-corrected chi connectivity index (χ0v) is 16.2. The van der Waals surface area contributed by atoms with Gasteiger partial charge < -0.3 is 15.7 Å². The van der Waals surface area contributed by atoms with Gasteiger partial charge in [0.25, 0.3) is 5.56 Å². The topological polar surface area (TPSA) is 169 Å². The number of ketones is 1. The molecule has 0 spiro atoms. The summed E-state index contributed by atoms with van der Waals surface area (Å²) in [4.78, 5) is 51.9. The molecule has 0 saturated heterocycles. The maximum atomic E-state index is 12.8. The van der Waals surface area contributed by atoms with Crippen LogP contribution in [0.25, 0.3) is 0 Å². The van der Waals surface area contributed by atoms with Crippen LogP contribution in [0.4, 0.5) is 5.82 Å². The predicted octanol–water partition coefficient (Wildman–Crippen LogP) is 0.0464. The van der Waals surface area contributed by atoms with Crippen molar-refractivity contribution in [2.75, 3.05) is 5.32 Å². The van der Waals surface area contributed by atoms with Crippen LogP contribution in [-0.4, -0.2) is 48.7 Å². The van der Waals surface area contributed by atoms with Crippen molar-refractivity contribution in [1.29, 1.82) is 0 Å². The SMILES string of the molecule is CCC(C(=O)NC(CC(=O)O)C(C)=O)n1ccnc(NCc2nonc2C)c1=O. The molecule has 2 aromatic heterocycles. The fraction of sp³-hybridized carbons (Fsp3) is 0.471. The number of hydrogen-bond donors (Lipinski definition) is 3. The first kappa shape index (κ1) is 21.7. The minimum atomic E-state index is -1.22. The van der Waals surface area contributed by atoms with Gasteiger partial charge in [0.05, 0.1) is 19.0 Å². The van der Waals surface area contributed by atoms with E-state index in [0.717, 1.165) is 0 Å². The van der Waals surface area contributed by atoms with Gasteiger partial charge in [-0.3, -0.25) is 23.7 Å². The van der Waals surface area contributed by atoms with Crippen molar-refractivity contribution in [3.63, 3.8) is 0 Å². The largest absolute Gasteiger partial charge is 0.481 e. The molecule has 2 aromatic rings. The molecule has 0 fully saturated rings. The standard InChI is InChI=1S/C17H22N6O6/c1-4-13(16(27)20-11(10(3)24)7-14(25)26)23-6-5-18-15(17(23)28)19-8-12-9(2)21-29-22-12/h5-6,11,13H,4,7-8H2,1-3H3,(H,18,19)(H,20,27)(H,25,26). The summed E-state index contributed by atoms with van der Waals surface area (Å²) in [6.45, 7) is 4.73. The number of nitrogens with zero attached hydrogens (tertiary/aromatic N) is 4. The number of carboxylic acids is 1. The van der Waals surface area contributed by atoms with E-state index in [1.54, 1.807) is 13.8 Å². The Morgan fingerprint density at radius 2 is 2.03 bits per heavy atom. The van der Waals surface area contributed by atoms with Crippen molar-refractivity contribution < 1.29 is 24.1 Å². The van der Waals surface area contributed by atoms with Crippen LogP contribution in [0.3, 0.4) is 0 Å².